The standard InChI is InChI=1S/C17H24BrN3O2/c1-11-8-13(18)6-7-15(11)20-16(22)10-21(2)17(23)12-4-3-5-14(19)9-12/h6-8,12,14H,3-5,9-10,19H2,1-2H3,(H,20,22). The van der Waals surface area contributed by atoms with Crippen LogP contribution < -0.4 is 11.1 Å². The van der Waals surface area contributed by atoms with Gasteiger partial charge < -0.3 is 16.0 Å². The van der Waals surface area contributed by atoms with E-state index in [0.717, 1.165) is 41.4 Å². The molecule has 2 rings (SSSR count). The van der Waals surface area contributed by atoms with Crippen molar-refractivity contribution in [2.24, 2.45) is 11.7 Å². The van der Waals surface area contributed by atoms with Crippen molar-refractivity contribution in [3.63, 3.8) is 0 Å². The highest BCUT2D eigenvalue weighted by molar-refractivity contribution is 9.10. The minimum absolute atomic E-state index is 0.0165. The Morgan fingerprint density at radius 1 is 1.39 bits per heavy atom. The van der Waals surface area contributed by atoms with Crippen molar-refractivity contribution in [3.05, 3.63) is 28.2 Å². The number of anilines is 1. The number of amides is 2. The van der Waals surface area contributed by atoms with Gasteiger partial charge in [-0.3, -0.25) is 9.59 Å². The number of likely N-dealkylation sites (N-methyl/N-ethyl adjacent to an activating group) is 1. The average Bonchev–Trinajstić information content (AvgIpc) is 2.49. The zero-order valence-corrected chi connectivity index (χ0v) is 15.2. The largest absolute Gasteiger partial charge is 0.336 e. The summed E-state index contributed by atoms with van der Waals surface area (Å²) >= 11 is 3.39. The Bertz CT molecular complexity index is 591. The lowest BCUT2D eigenvalue weighted by atomic mass is 9.85. The Morgan fingerprint density at radius 2 is 2.13 bits per heavy atom. The minimum atomic E-state index is -0.189. The number of aryl methyl sites for hydroxylation is 1. The summed E-state index contributed by atoms with van der Waals surface area (Å²) in [6.07, 6.45) is 3.55. The normalized spacial score (nSPS) is 20.9. The SMILES string of the molecule is Cc1cc(Br)ccc1NC(=O)CN(C)C(=O)C1CCCC(N)C1. The number of nitrogens with zero attached hydrogens (tertiary/aromatic N) is 1. The fourth-order valence-electron chi connectivity index (χ4n) is 3.01. The summed E-state index contributed by atoms with van der Waals surface area (Å²) in [5.41, 5.74) is 7.68. The maximum absolute atomic E-state index is 12.4. The maximum Gasteiger partial charge on any atom is 0.243 e. The number of nitrogens with one attached hydrogen (secondary N) is 1. The van der Waals surface area contributed by atoms with E-state index in [1.807, 2.05) is 25.1 Å². The lowest BCUT2D eigenvalue weighted by Gasteiger charge is -2.29. The van der Waals surface area contributed by atoms with E-state index in [1.165, 1.54) is 4.90 Å². The molecule has 0 aromatic heterocycles. The Morgan fingerprint density at radius 3 is 2.78 bits per heavy atom. The van der Waals surface area contributed by atoms with E-state index in [9.17, 15) is 9.59 Å². The number of carbonyl (C=O) groups excluding carboxylic acids is 2. The second-order valence-corrected chi connectivity index (χ2v) is 7.24. The summed E-state index contributed by atoms with van der Waals surface area (Å²) < 4.78 is 0.967. The molecule has 1 aliphatic rings. The molecule has 0 spiro atoms. The Balaban J connectivity index is 1.90. The van der Waals surface area contributed by atoms with Crippen molar-refractivity contribution >= 4 is 33.4 Å². The van der Waals surface area contributed by atoms with Gasteiger partial charge in [-0.2, -0.15) is 0 Å². The average molecular weight is 382 g/mol. The molecule has 1 aromatic rings. The lowest BCUT2D eigenvalue weighted by Crippen LogP contribution is -2.41. The van der Waals surface area contributed by atoms with Crippen LogP contribution in [0.5, 0.6) is 0 Å². The molecule has 3 N–H and O–H groups in total. The molecule has 2 amide bonds. The van der Waals surface area contributed by atoms with Crippen molar-refractivity contribution < 1.29 is 9.59 Å². The van der Waals surface area contributed by atoms with E-state index in [1.54, 1.807) is 7.05 Å². The third kappa shape index (κ3) is 5.04. The van der Waals surface area contributed by atoms with E-state index < -0.39 is 0 Å². The van der Waals surface area contributed by atoms with Crippen molar-refractivity contribution in [1.82, 2.24) is 4.90 Å². The molecule has 1 fully saturated rings. The highest BCUT2D eigenvalue weighted by atomic mass is 79.9. The zero-order valence-electron chi connectivity index (χ0n) is 13.6. The second kappa shape index (κ2) is 7.93. The quantitative estimate of drug-likeness (QED) is 0.841. The van der Waals surface area contributed by atoms with Crippen molar-refractivity contribution in [2.45, 2.75) is 38.6 Å². The number of hydrogen-bond donors (Lipinski definition) is 2. The van der Waals surface area contributed by atoms with Crippen LogP contribution in [0, 0.1) is 12.8 Å². The maximum atomic E-state index is 12.4. The Labute approximate surface area is 145 Å². The topological polar surface area (TPSA) is 75.4 Å². The van der Waals surface area contributed by atoms with E-state index in [4.69, 9.17) is 5.73 Å². The first-order valence-electron chi connectivity index (χ1n) is 7.93. The number of carbonyl (C=O) groups is 2. The first-order chi connectivity index (χ1) is 10.9. The molecule has 2 atom stereocenters. The summed E-state index contributed by atoms with van der Waals surface area (Å²) in [5, 5.41) is 2.86. The molecular weight excluding hydrogens is 358 g/mol. The fraction of sp³-hybridized carbons (Fsp3) is 0.529. The van der Waals surface area contributed by atoms with Gasteiger partial charge in [-0.15, -0.1) is 0 Å². The van der Waals surface area contributed by atoms with E-state index in [2.05, 4.69) is 21.2 Å². The molecule has 1 saturated carbocycles. The van der Waals surface area contributed by atoms with Gasteiger partial charge in [-0.25, -0.2) is 0 Å². The number of benzene rings is 1. The lowest BCUT2D eigenvalue weighted by molar-refractivity contribution is -0.138. The molecule has 1 aromatic carbocycles. The highest BCUT2D eigenvalue weighted by Gasteiger charge is 2.28. The van der Waals surface area contributed by atoms with Gasteiger partial charge in [0.25, 0.3) is 0 Å². The van der Waals surface area contributed by atoms with Crippen LogP contribution in [0.1, 0.15) is 31.2 Å². The van der Waals surface area contributed by atoms with Gasteiger partial charge in [0.2, 0.25) is 11.8 Å². The van der Waals surface area contributed by atoms with Crippen LogP contribution >= 0.6 is 15.9 Å². The van der Waals surface area contributed by atoms with Crippen molar-refractivity contribution in [1.29, 1.82) is 0 Å². The van der Waals surface area contributed by atoms with Crippen LogP contribution in [0.25, 0.3) is 0 Å². The molecule has 0 saturated heterocycles. The smallest absolute Gasteiger partial charge is 0.243 e. The molecular formula is C17H24BrN3O2. The summed E-state index contributed by atoms with van der Waals surface area (Å²) in [7, 11) is 1.68. The van der Waals surface area contributed by atoms with Crippen molar-refractivity contribution in [2.75, 3.05) is 18.9 Å². The number of rotatable bonds is 4. The molecule has 1 aliphatic carbocycles. The van der Waals surface area contributed by atoms with Crippen LogP contribution in [0.15, 0.2) is 22.7 Å². The van der Waals surface area contributed by atoms with Crippen LogP contribution in [-0.2, 0) is 9.59 Å². The van der Waals surface area contributed by atoms with Gasteiger partial charge in [-0.05, 0) is 49.9 Å². The Hall–Kier alpha value is -1.40. The molecule has 126 valence electrons. The monoisotopic (exact) mass is 381 g/mol. The Kier molecular flexibility index (Phi) is 6.18. The number of halogens is 1. The van der Waals surface area contributed by atoms with Gasteiger partial charge in [0.05, 0.1) is 6.54 Å². The van der Waals surface area contributed by atoms with E-state index in [-0.39, 0.29) is 30.3 Å². The van der Waals surface area contributed by atoms with Crippen molar-refractivity contribution in [3.8, 4) is 0 Å². The van der Waals surface area contributed by atoms with Gasteiger partial charge >= 0.3 is 0 Å². The summed E-state index contributed by atoms with van der Waals surface area (Å²) in [5.74, 6) is -0.222. The predicted octanol–water partition coefficient (Wildman–Crippen LogP) is 2.67. The molecule has 0 aliphatic heterocycles. The zero-order chi connectivity index (χ0) is 17.0. The predicted molar refractivity (Wildman–Crippen MR) is 95.1 cm³/mol. The second-order valence-electron chi connectivity index (χ2n) is 6.33. The van der Waals surface area contributed by atoms with Gasteiger partial charge in [0, 0.05) is 29.2 Å². The molecule has 5 nitrogen and oxygen atoms in total. The highest BCUT2D eigenvalue weighted by Crippen LogP contribution is 2.25. The molecule has 2 unspecified atom stereocenters. The fourth-order valence-corrected chi connectivity index (χ4v) is 3.49. The summed E-state index contributed by atoms with van der Waals surface area (Å²) in [4.78, 5) is 26.1. The number of hydrogen-bond acceptors (Lipinski definition) is 3. The summed E-state index contributed by atoms with van der Waals surface area (Å²) in [6.45, 7) is 1.98. The van der Waals surface area contributed by atoms with Gasteiger partial charge in [0.1, 0.15) is 0 Å². The molecule has 0 bridgehead atoms. The van der Waals surface area contributed by atoms with Crippen LogP contribution in [0.4, 0.5) is 5.69 Å². The molecule has 0 radical (unpaired) electrons. The van der Waals surface area contributed by atoms with Gasteiger partial charge in [-0.1, -0.05) is 22.4 Å². The third-order valence-electron chi connectivity index (χ3n) is 4.28. The van der Waals surface area contributed by atoms with Gasteiger partial charge in [0.15, 0.2) is 0 Å². The molecule has 23 heavy (non-hydrogen) atoms. The van der Waals surface area contributed by atoms with E-state index in [0.29, 0.717) is 0 Å². The van der Waals surface area contributed by atoms with E-state index >= 15 is 0 Å². The van der Waals surface area contributed by atoms with Crippen LogP contribution in [-0.4, -0.2) is 36.3 Å². The first-order valence-corrected chi connectivity index (χ1v) is 8.72. The van der Waals surface area contributed by atoms with Crippen LogP contribution in [0.2, 0.25) is 0 Å². The number of nitrogens with two attached hydrogens (primary N) is 1. The molecule has 0 heterocycles. The third-order valence-corrected chi connectivity index (χ3v) is 4.78. The molecule has 6 heteroatoms. The summed E-state index contributed by atoms with van der Waals surface area (Å²) in [6, 6.07) is 5.76. The minimum Gasteiger partial charge on any atom is -0.336 e. The van der Waals surface area contributed by atoms with Crippen LogP contribution in [0.3, 0.4) is 0 Å². The first kappa shape index (κ1) is 17.9.